The molecule has 1 atom stereocenters. The van der Waals surface area contributed by atoms with Gasteiger partial charge in [0.25, 0.3) is 11.6 Å². The van der Waals surface area contributed by atoms with Crippen LogP contribution in [0.25, 0.3) is 0 Å². The Balaban J connectivity index is 1.55. The van der Waals surface area contributed by atoms with E-state index >= 15 is 0 Å². The number of hydrogen-bond acceptors (Lipinski definition) is 10. The zero-order valence-electron chi connectivity index (χ0n) is 18.8. The lowest BCUT2D eigenvalue weighted by Gasteiger charge is -2.23. The molecule has 5 rings (SSSR count). The van der Waals surface area contributed by atoms with E-state index in [1.54, 1.807) is 17.5 Å². The number of rotatable bonds is 7. The minimum Gasteiger partial charge on any atom is -0.503 e. The second-order valence-electron chi connectivity index (χ2n) is 7.91. The lowest BCUT2D eigenvalue weighted by atomic mass is 9.97. The lowest BCUT2D eigenvalue weighted by molar-refractivity contribution is -0.384. The first-order valence-electron chi connectivity index (χ1n) is 10.7. The zero-order valence-corrected chi connectivity index (χ0v) is 22.1. The standard InChI is InChI=1S/C24H14ClN3O7S3/c25-14-5-3-13(4-6-14)21(29)19-20(17-2-1-11-36-17)27(23(31)22(19)30)24-26-12-18(37-24)38(34,35)16-9-7-15(8-10-16)28(32)33/h1-12,20,30H. The molecule has 14 heteroatoms. The first-order chi connectivity index (χ1) is 18.1. The van der Waals surface area contributed by atoms with E-state index < -0.39 is 38.3 Å². The van der Waals surface area contributed by atoms with Crippen molar-refractivity contribution < 1.29 is 28.0 Å². The van der Waals surface area contributed by atoms with Crippen LogP contribution in [0.1, 0.15) is 21.3 Å². The van der Waals surface area contributed by atoms with Crippen LogP contribution in [0.15, 0.2) is 92.7 Å². The molecule has 1 amide bonds. The highest BCUT2D eigenvalue weighted by Gasteiger charge is 2.46. The second kappa shape index (κ2) is 9.76. The van der Waals surface area contributed by atoms with Crippen molar-refractivity contribution in [1.82, 2.24) is 4.98 Å². The van der Waals surface area contributed by atoms with Crippen molar-refractivity contribution in [1.29, 1.82) is 0 Å². The smallest absolute Gasteiger partial charge is 0.296 e. The minimum absolute atomic E-state index is 0.0562. The molecule has 1 aliphatic rings. The zero-order chi connectivity index (χ0) is 27.2. The summed E-state index contributed by atoms with van der Waals surface area (Å²) in [5.41, 5.74) is -0.239. The number of nitro groups is 1. The minimum atomic E-state index is -4.13. The molecule has 38 heavy (non-hydrogen) atoms. The molecule has 0 saturated heterocycles. The van der Waals surface area contributed by atoms with Crippen LogP contribution in [0, 0.1) is 10.1 Å². The number of halogens is 1. The third-order valence-electron chi connectivity index (χ3n) is 5.67. The number of carbonyl (C=O) groups excluding carboxylic acids is 2. The summed E-state index contributed by atoms with van der Waals surface area (Å²) in [5, 5.41) is 23.8. The van der Waals surface area contributed by atoms with Crippen molar-refractivity contribution in [3.63, 3.8) is 0 Å². The number of non-ortho nitro benzene ring substituents is 1. The summed E-state index contributed by atoms with van der Waals surface area (Å²) in [6.45, 7) is 0. The van der Waals surface area contributed by atoms with E-state index in [-0.39, 0.29) is 31.1 Å². The molecule has 2 aromatic carbocycles. The average molecular weight is 588 g/mol. The third-order valence-corrected chi connectivity index (χ3v) is 10.1. The summed E-state index contributed by atoms with van der Waals surface area (Å²) >= 11 is 7.84. The fourth-order valence-electron chi connectivity index (χ4n) is 3.86. The number of thiophene rings is 1. The van der Waals surface area contributed by atoms with Crippen LogP contribution >= 0.6 is 34.3 Å². The SMILES string of the molecule is O=C(C1=C(O)C(=O)N(c2ncc(S(=O)(=O)c3ccc([N+](=O)[O-])cc3)s2)C1c1cccs1)c1ccc(Cl)cc1. The number of sulfone groups is 1. The Hall–Kier alpha value is -3.91. The van der Waals surface area contributed by atoms with Crippen molar-refractivity contribution in [3.8, 4) is 0 Å². The van der Waals surface area contributed by atoms with Crippen LogP contribution in [0.3, 0.4) is 0 Å². The normalized spacial score (nSPS) is 15.8. The highest BCUT2D eigenvalue weighted by Crippen LogP contribution is 2.45. The van der Waals surface area contributed by atoms with Gasteiger partial charge in [-0.1, -0.05) is 29.0 Å². The summed E-state index contributed by atoms with van der Waals surface area (Å²) in [5.74, 6) is -2.27. The molecule has 3 heterocycles. The number of aliphatic hydroxyl groups excluding tert-OH is 1. The van der Waals surface area contributed by atoms with Crippen LogP contribution in [0.5, 0.6) is 0 Å². The van der Waals surface area contributed by atoms with Gasteiger partial charge in [-0.2, -0.15) is 0 Å². The number of nitrogens with zero attached hydrogens (tertiary/aromatic N) is 3. The van der Waals surface area contributed by atoms with E-state index in [1.165, 1.54) is 35.6 Å². The molecule has 1 N–H and O–H groups in total. The van der Waals surface area contributed by atoms with Crippen molar-refractivity contribution in [2.75, 3.05) is 4.90 Å². The maximum absolute atomic E-state index is 13.4. The number of aromatic nitrogens is 1. The topological polar surface area (TPSA) is 148 Å². The molecule has 1 unspecified atom stereocenters. The summed E-state index contributed by atoms with van der Waals surface area (Å²) < 4.78 is 26.1. The maximum atomic E-state index is 13.4. The van der Waals surface area contributed by atoms with E-state index in [1.807, 2.05) is 0 Å². The molecule has 0 radical (unpaired) electrons. The molecule has 0 saturated carbocycles. The van der Waals surface area contributed by atoms with Gasteiger partial charge in [0.15, 0.2) is 16.7 Å². The predicted octanol–water partition coefficient (Wildman–Crippen LogP) is 5.38. The van der Waals surface area contributed by atoms with Gasteiger partial charge < -0.3 is 5.11 Å². The number of carbonyl (C=O) groups is 2. The maximum Gasteiger partial charge on any atom is 0.296 e. The number of thiazole rings is 1. The molecule has 2 aromatic heterocycles. The molecular weight excluding hydrogens is 574 g/mol. The molecule has 0 aliphatic carbocycles. The average Bonchev–Trinajstić information content (AvgIpc) is 3.65. The number of Topliss-reactive ketones (excluding diaryl/α,β-unsaturated/α-hetero) is 1. The quantitative estimate of drug-likeness (QED) is 0.172. The van der Waals surface area contributed by atoms with Gasteiger partial charge >= 0.3 is 0 Å². The number of anilines is 1. The number of hydrogen-bond donors (Lipinski definition) is 1. The fourth-order valence-corrected chi connectivity index (χ4v) is 7.35. The first kappa shape index (κ1) is 25.7. The van der Waals surface area contributed by atoms with E-state index in [9.17, 15) is 33.2 Å². The van der Waals surface area contributed by atoms with E-state index in [2.05, 4.69) is 4.98 Å². The van der Waals surface area contributed by atoms with Crippen LogP contribution in [-0.2, 0) is 14.6 Å². The fraction of sp³-hybridized carbons (Fsp3) is 0.0417. The first-order valence-corrected chi connectivity index (χ1v) is 14.2. The number of benzene rings is 2. The Morgan fingerprint density at radius 2 is 1.79 bits per heavy atom. The number of ketones is 1. The summed E-state index contributed by atoms with van der Waals surface area (Å²) in [7, 11) is -4.13. The van der Waals surface area contributed by atoms with Crippen molar-refractivity contribution in [2.45, 2.75) is 15.1 Å². The van der Waals surface area contributed by atoms with E-state index in [4.69, 9.17) is 11.6 Å². The highest BCUT2D eigenvalue weighted by molar-refractivity contribution is 7.93. The molecule has 192 valence electrons. The van der Waals surface area contributed by atoms with Gasteiger partial charge in [-0.3, -0.25) is 24.6 Å². The van der Waals surface area contributed by atoms with E-state index in [0.717, 1.165) is 35.4 Å². The Morgan fingerprint density at radius 3 is 2.39 bits per heavy atom. The lowest BCUT2D eigenvalue weighted by Crippen LogP contribution is -2.30. The Kier molecular flexibility index (Phi) is 6.61. The van der Waals surface area contributed by atoms with Gasteiger partial charge in [-0.05, 0) is 47.8 Å². The second-order valence-corrected chi connectivity index (χ2v) is 12.5. The van der Waals surface area contributed by atoms with Crippen LogP contribution in [0.2, 0.25) is 5.02 Å². The van der Waals surface area contributed by atoms with E-state index in [0.29, 0.717) is 21.2 Å². The van der Waals surface area contributed by atoms with Crippen molar-refractivity contribution in [3.05, 3.63) is 109 Å². The van der Waals surface area contributed by atoms with Gasteiger partial charge in [0.1, 0.15) is 10.3 Å². The van der Waals surface area contributed by atoms with Gasteiger partial charge in [-0.25, -0.2) is 13.4 Å². The Morgan fingerprint density at radius 1 is 1.11 bits per heavy atom. The van der Waals surface area contributed by atoms with Crippen LogP contribution < -0.4 is 4.90 Å². The molecular formula is C24H14ClN3O7S3. The van der Waals surface area contributed by atoms with Crippen LogP contribution in [-0.4, -0.2) is 35.1 Å². The molecule has 0 fully saturated rings. The van der Waals surface area contributed by atoms with Gasteiger partial charge in [0, 0.05) is 27.6 Å². The molecule has 4 aromatic rings. The molecule has 0 bridgehead atoms. The Labute approximate surface area is 228 Å². The predicted molar refractivity (Wildman–Crippen MR) is 141 cm³/mol. The summed E-state index contributed by atoms with van der Waals surface area (Å²) in [6.07, 6.45) is 1.06. The molecule has 0 spiro atoms. The molecule has 1 aliphatic heterocycles. The van der Waals surface area contributed by atoms with Crippen molar-refractivity contribution >= 4 is 66.6 Å². The Bertz CT molecular complexity index is 1710. The monoisotopic (exact) mass is 587 g/mol. The van der Waals surface area contributed by atoms with Crippen molar-refractivity contribution in [2.24, 2.45) is 0 Å². The van der Waals surface area contributed by atoms with Gasteiger partial charge in [0.05, 0.1) is 21.6 Å². The largest absolute Gasteiger partial charge is 0.503 e. The van der Waals surface area contributed by atoms with Gasteiger partial charge in [0.2, 0.25) is 9.84 Å². The molecule has 10 nitrogen and oxygen atoms in total. The summed E-state index contributed by atoms with van der Waals surface area (Å²) in [4.78, 5) is 42.5. The number of nitro benzene ring substituents is 1. The number of amides is 1. The highest BCUT2D eigenvalue weighted by atomic mass is 35.5. The number of aliphatic hydroxyl groups is 1. The summed E-state index contributed by atoms with van der Waals surface area (Å²) in [6, 6.07) is 12.7. The van der Waals surface area contributed by atoms with Gasteiger partial charge in [-0.15, -0.1) is 11.3 Å². The van der Waals surface area contributed by atoms with Crippen LogP contribution in [0.4, 0.5) is 10.8 Å². The third kappa shape index (κ3) is 4.39.